The fraction of sp³-hybridized carbons (Fsp3) is 0.333. The molecule has 0 spiro atoms. The number of esters is 1. The van der Waals surface area contributed by atoms with Gasteiger partial charge in [-0.15, -0.1) is 0 Å². The normalized spacial score (nSPS) is 13.4. The van der Waals surface area contributed by atoms with Gasteiger partial charge in [0.05, 0.1) is 6.07 Å². The predicted molar refractivity (Wildman–Crippen MR) is 117 cm³/mol. The van der Waals surface area contributed by atoms with Crippen molar-refractivity contribution >= 4 is 17.8 Å². The van der Waals surface area contributed by atoms with Crippen LogP contribution in [0.4, 0.5) is 0 Å². The maximum atomic E-state index is 12.3. The summed E-state index contributed by atoms with van der Waals surface area (Å²) in [6, 6.07) is 18.8. The number of nitriles is 1. The number of amides is 2. The minimum atomic E-state index is -1.10. The van der Waals surface area contributed by atoms with Crippen molar-refractivity contribution in [2.24, 2.45) is 5.92 Å². The van der Waals surface area contributed by atoms with Gasteiger partial charge in [0.15, 0.2) is 6.10 Å². The number of carbonyl (C=O) groups is 3. The van der Waals surface area contributed by atoms with E-state index in [1.165, 1.54) is 6.92 Å². The summed E-state index contributed by atoms with van der Waals surface area (Å²) >= 11 is 0. The fourth-order valence-electron chi connectivity index (χ4n) is 2.65. The molecule has 0 aliphatic rings. The Morgan fingerprint density at radius 2 is 1.58 bits per heavy atom. The van der Waals surface area contributed by atoms with Crippen LogP contribution >= 0.6 is 0 Å². The molecule has 0 heterocycles. The lowest BCUT2D eigenvalue weighted by Crippen LogP contribution is -2.52. The number of hydrogen-bond acceptors (Lipinski definition) is 5. The molecule has 0 bridgehead atoms. The standard InChI is InChI=1S/C24H27N3O4/c1-16(2)24(4,15-25)27-22(29)17(3)31-21(28)14-26-23(30)20-12-10-19(11-13-20)18-8-6-5-7-9-18/h5-13,16-17H,14H2,1-4H3,(H,26,30)(H,27,29)/t17-,24+/m1/s1. The SMILES string of the molecule is CC(C)[C@](C)(C#N)NC(=O)[C@@H](C)OC(=O)CNC(=O)c1ccc(-c2ccccc2)cc1. The van der Waals surface area contributed by atoms with Gasteiger partial charge >= 0.3 is 5.97 Å². The van der Waals surface area contributed by atoms with Crippen LogP contribution in [-0.2, 0) is 14.3 Å². The lowest BCUT2D eigenvalue weighted by molar-refractivity contribution is -0.154. The zero-order valence-corrected chi connectivity index (χ0v) is 18.1. The highest BCUT2D eigenvalue weighted by atomic mass is 16.5. The molecule has 0 saturated carbocycles. The molecule has 0 radical (unpaired) electrons. The molecular formula is C24H27N3O4. The molecule has 2 aromatic carbocycles. The van der Waals surface area contributed by atoms with Gasteiger partial charge in [-0.3, -0.25) is 14.4 Å². The zero-order chi connectivity index (χ0) is 23.0. The molecule has 2 aromatic rings. The molecule has 162 valence electrons. The van der Waals surface area contributed by atoms with E-state index < -0.39 is 29.4 Å². The first-order valence-electron chi connectivity index (χ1n) is 10.0. The van der Waals surface area contributed by atoms with E-state index >= 15 is 0 Å². The van der Waals surface area contributed by atoms with Crippen molar-refractivity contribution in [1.82, 2.24) is 10.6 Å². The van der Waals surface area contributed by atoms with Crippen molar-refractivity contribution in [3.63, 3.8) is 0 Å². The van der Waals surface area contributed by atoms with Crippen molar-refractivity contribution in [2.45, 2.75) is 39.3 Å². The van der Waals surface area contributed by atoms with Gasteiger partial charge in [0, 0.05) is 5.56 Å². The van der Waals surface area contributed by atoms with Crippen molar-refractivity contribution in [3.05, 3.63) is 60.2 Å². The van der Waals surface area contributed by atoms with Crippen molar-refractivity contribution in [2.75, 3.05) is 6.54 Å². The number of benzene rings is 2. The van der Waals surface area contributed by atoms with Crippen LogP contribution in [0.25, 0.3) is 11.1 Å². The quantitative estimate of drug-likeness (QED) is 0.637. The lowest BCUT2D eigenvalue weighted by Gasteiger charge is -2.28. The summed E-state index contributed by atoms with van der Waals surface area (Å²) < 4.78 is 5.07. The molecule has 7 heteroatoms. The second-order valence-electron chi connectivity index (χ2n) is 7.72. The molecule has 0 unspecified atom stereocenters. The number of rotatable bonds is 8. The average Bonchev–Trinajstić information content (AvgIpc) is 2.77. The second kappa shape index (κ2) is 10.4. The van der Waals surface area contributed by atoms with Crippen LogP contribution in [0.3, 0.4) is 0 Å². The van der Waals surface area contributed by atoms with Gasteiger partial charge in [-0.2, -0.15) is 5.26 Å². The predicted octanol–water partition coefficient (Wildman–Crippen LogP) is 3.07. The van der Waals surface area contributed by atoms with Gasteiger partial charge in [-0.05, 0) is 43.0 Å². The smallest absolute Gasteiger partial charge is 0.326 e. The van der Waals surface area contributed by atoms with Crippen molar-refractivity contribution in [1.29, 1.82) is 5.26 Å². The van der Waals surface area contributed by atoms with Gasteiger partial charge in [-0.1, -0.05) is 56.3 Å². The van der Waals surface area contributed by atoms with Gasteiger partial charge in [0.2, 0.25) is 0 Å². The highest BCUT2D eigenvalue weighted by Gasteiger charge is 2.32. The molecule has 0 aliphatic heterocycles. The summed E-state index contributed by atoms with van der Waals surface area (Å²) in [4.78, 5) is 36.5. The van der Waals surface area contributed by atoms with E-state index in [2.05, 4.69) is 16.7 Å². The number of carbonyl (C=O) groups excluding carboxylic acids is 3. The van der Waals surface area contributed by atoms with Crippen LogP contribution in [0.1, 0.15) is 38.1 Å². The highest BCUT2D eigenvalue weighted by Crippen LogP contribution is 2.19. The van der Waals surface area contributed by atoms with Gasteiger partial charge in [-0.25, -0.2) is 0 Å². The zero-order valence-electron chi connectivity index (χ0n) is 18.1. The summed E-state index contributed by atoms with van der Waals surface area (Å²) in [7, 11) is 0. The topological polar surface area (TPSA) is 108 Å². The molecule has 2 atom stereocenters. The molecular weight excluding hydrogens is 394 g/mol. The largest absolute Gasteiger partial charge is 0.451 e. The van der Waals surface area contributed by atoms with Crippen LogP contribution in [0, 0.1) is 17.2 Å². The summed E-state index contributed by atoms with van der Waals surface area (Å²) in [6.45, 7) is 6.25. The molecule has 0 aliphatic carbocycles. The molecule has 0 aromatic heterocycles. The van der Waals surface area contributed by atoms with Crippen molar-refractivity contribution in [3.8, 4) is 17.2 Å². The van der Waals surface area contributed by atoms with Crippen molar-refractivity contribution < 1.29 is 19.1 Å². The van der Waals surface area contributed by atoms with Gasteiger partial charge < -0.3 is 15.4 Å². The number of hydrogen-bond donors (Lipinski definition) is 2. The Morgan fingerprint density at radius 1 is 1.00 bits per heavy atom. The van der Waals surface area contributed by atoms with Crippen LogP contribution in [0.5, 0.6) is 0 Å². The second-order valence-corrected chi connectivity index (χ2v) is 7.72. The van der Waals surface area contributed by atoms with Crippen LogP contribution in [0.2, 0.25) is 0 Å². The van der Waals surface area contributed by atoms with E-state index in [0.717, 1.165) is 11.1 Å². The van der Waals surface area contributed by atoms with E-state index in [1.807, 2.05) is 56.3 Å². The van der Waals surface area contributed by atoms with E-state index in [4.69, 9.17) is 4.74 Å². The maximum absolute atomic E-state index is 12.3. The van der Waals surface area contributed by atoms with E-state index in [0.29, 0.717) is 5.56 Å². The average molecular weight is 421 g/mol. The fourth-order valence-corrected chi connectivity index (χ4v) is 2.65. The molecule has 31 heavy (non-hydrogen) atoms. The Hall–Kier alpha value is -3.66. The van der Waals surface area contributed by atoms with Gasteiger partial charge in [0.1, 0.15) is 12.1 Å². The van der Waals surface area contributed by atoms with E-state index in [9.17, 15) is 19.6 Å². The minimum Gasteiger partial charge on any atom is -0.451 e. The molecule has 2 amide bonds. The molecule has 2 rings (SSSR count). The third-order valence-corrected chi connectivity index (χ3v) is 5.09. The highest BCUT2D eigenvalue weighted by molar-refractivity contribution is 5.96. The van der Waals surface area contributed by atoms with Crippen LogP contribution in [-0.4, -0.2) is 36.0 Å². The molecule has 2 N–H and O–H groups in total. The van der Waals surface area contributed by atoms with E-state index in [-0.39, 0.29) is 12.5 Å². The van der Waals surface area contributed by atoms with Crippen LogP contribution < -0.4 is 10.6 Å². The Balaban J connectivity index is 1.86. The third-order valence-electron chi connectivity index (χ3n) is 5.09. The van der Waals surface area contributed by atoms with Crippen LogP contribution in [0.15, 0.2) is 54.6 Å². The Morgan fingerprint density at radius 3 is 2.13 bits per heavy atom. The number of ether oxygens (including phenoxy) is 1. The number of nitrogens with zero attached hydrogens (tertiary/aromatic N) is 1. The van der Waals surface area contributed by atoms with E-state index in [1.54, 1.807) is 19.1 Å². The summed E-state index contributed by atoms with van der Waals surface area (Å²) in [5.74, 6) is -1.88. The lowest BCUT2D eigenvalue weighted by atomic mass is 9.90. The minimum absolute atomic E-state index is 0.128. The maximum Gasteiger partial charge on any atom is 0.326 e. The monoisotopic (exact) mass is 421 g/mol. The van der Waals surface area contributed by atoms with Gasteiger partial charge in [0.25, 0.3) is 11.8 Å². The third kappa shape index (κ3) is 6.41. The summed E-state index contributed by atoms with van der Waals surface area (Å²) in [5, 5.41) is 14.4. The first-order valence-corrected chi connectivity index (χ1v) is 10.0. The molecule has 0 saturated heterocycles. The first kappa shape index (κ1) is 23.6. The Kier molecular flexibility index (Phi) is 7.92. The first-order chi connectivity index (χ1) is 14.7. The summed E-state index contributed by atoms with van der Waals surface area (Å²) in [5.41, 5.74) is 1.34. The Bertz CT molecular complexity index is 965. The summed E-state index contributed by atoms with van der Waals surface area (Å²) in [6.07, 6.45) is -1.10. The molecule has 7 nitrogen and oxygen atoms in total. The number of nitrogens with one attached hydrogen (secondary N) is 2. The molecule has 0 fully saturated rings. The Labute approximate surface area is 182 Å².